The third kappa shape index (κ3) is 3.28. The van der Waals surface area contributed by atoms with Crippen LogP contribution in [-0.2, 0) is 4.79 Å². The highest BCUT2D eigenvalue weighted by atomic mass is 32.1. The Balaban J connectivity index is 1.85. The highest BCUT2D eigenvalue weighted by Gasteiger charge is 2.32. The highest BCUT2D eigenvalue weighted by molar-refractivity contribution is 7.80. The Morgan fingerprint density at radius 3 is 2.61 bits per heavy atom. The maximum atomic E-state index is 12.6. The van der Waals surface area contributed by atoms with Crippen LogP contribution in [0, 0.1) is 6.92 Å². The second-order valence-electron chi connectivity index (χ2n) is 5.00. The van der Waals surface area contributed by atoms with Gasteiger partial charge in [0.1, 0.15) is 11.4 Å². The molecular weight excluding hydrogens is 328 g/mol. The minimum Gasteiger partial charge on any atom is -0.494 e. The quantitative estimate of drug-likeness (QED) is 0.678. The summed E-state index contributed by atoms with van der Waals surface area (Å²) in [6.45, 7) is 4.57. The molecule has 0 atom stereocenters. The normalized spacial score (nSPS) is 16.1. The maximum absolute atomic E-state index is 12.6. The largest absolute Gasteiger partial charge is 0.494 e. The average Bonchev–Trinajstić information content (AvgIpc) is 3.05. The predicted octanol–water partition coefficient (Wildman–Crippen LogP) is 3.72. The molecule has 6 heteroatoms. The van der Waals surface area contributed by atoms with Crippen molar-refractivity contribution in [3.63, 3.8) is 0 Å². The molecule has 0 aliphatic carbocycles. The summed E-state index contributed by atoms with van der Waals surface area (Å²) >= 11 is 6.94. The molecule has 1 saturated heterocycles. The molecule has 0 unspecified atom stereocenters. The lowest BCUT2D eigenvalue weighted by Crippen LogP contribution is -2.30. The van der Waals surface area contributed by atoms with Crippen molar-refractivity contribution in [2.45, 2.75) is 13.8 Å². The van der Waals surface area contributed by atoms with Crippen molar-refractivity contribution in [1.82, 2.24) is 5.32 Å². The van der Waals surface area contributed by atoms with Gasteiger partial charge in [-0.25, -0.2) is 0 Å². The molecule has 1 aromatic heterocycles. The molecule has 1 aliphatic rings. The lowest BCUT2D eigenvalue weighted by Gasteiger charge is -2.14. The van der Waals surface area contributed by atoms with E-state index in [9.17, 15) is 4.79 Å². The maximum Gasteiger partial charge on any atom is 0.281 e. The number of aryl methyl sites for hydroxylation is 1. The smallest absolute Gasteiger partial charge is 0.281 e. The van der Waals surface area contributed by atoms with Gasteiger partial charge in [0, 0.05) is 9.75 Å². The van der Waals surface area contributed by atoms with Gasteiger partial charge >= 0.3 is 0 Å². The number of hydrogen-bond donors (Lipinski definition) is 1. The number of anilines is 1. The van der Waals surface area contributed by atoms with E-state index < -0.39 is 0 Å². The number of thiocarbonyl (C=S) groups is 1. The van der Waals surface area contributed by atoms with Crippen LogP contribution in [0.3, 0.4) is 0 Å². The van der Waals surface area contributed by atoms with Crippen molar-refractivity contribution in [2.24, 2.45) is 0 Å². The molecule has 0 radical (unpaired) electrons. The number of rotatable bonds is 4. The molecule has 1 N–H and O–H groups in total. The number of nitrogens with one attached hydrogen (secondary N) is 1. The molecule has 23 heavy (non-hydrogen) atoms. The molecule has 118 valence electrons. The summed E-state index contributed by atoms with van der Waals surface area (Å²) in [7, 11) is 0. The fourth-order valence-electron chi connectivity index (χ4n) is 2.30. The van der Waals surface area contributed by atoms with Crippen LogP contribution in [0.4, 0.5) is 5.69 Å². The van der Waals surface area contributed by atoms with Gasteiger partial charge in [-0.15, -0.1) is 11.3 Å². The zero-order valence-electron chi connectivity index (χ0n) is 12.8. The lowest BCUT2D eigenvalue weighted by atomic mass is 10.2. The number of hydrogen-bond acceptors (Lipinski definition) is 4. The number of benzene rings is 1. The molecule has 3 rings (SSSR count). The fourth-order valence-corrected chi connectivity index (χ4v) is 3.42. The highest BCUT2D eigenvalue weighted by Crippen LogP contribution is 2.26. The Morgan fingerprint density at radius 1 is 1.26 bits per heavy atom. The van der Waals surface area contributed by atoms with Gasteiger partial charge in [0.05, 0.1) is 12.3 Å². The molecule has 0 bridgehead atoms. The molecule has 0 spiro atoms. The molecule has 1 fully saturated rings. The standard InChI is InChI=1S/C17H16N2O2S2/c1-3-21-13-7-5-12(6-8-13)19-16(20)15(18-17(19)22)10-14-9-4-11(2)23-14/h4-10H,3H2,1-2H3,(H,18,22)/b15-10+. The fraction of sp³-hybridized carbons (Fsp3) is 0.176. The SMILES string of the molecule is CCOc1ccc(N2C(=O)/C(=C\c3ccc(C)s3)NC2=S)cc1. The van der Waals surface area contributed by atoms with Crippen LogP contribution in [0.2, 0.25) is 0 Å². The van der Waals surface area contributed by atoms with E-state index in [1.807, 2.05) is 56.3 Å². The van der Waals surface area contributed by atoms with Gasteiger partial charge in [-0.3, -0.25) is 9.69 Å². The zero-order chi connectivity index (χ0) is 16.4. The number of carbonyl (C=O) groups is 1. The summed E-state index contributed by atoms with van der Waals surface area (Å²) in [6, 6.07) is 11.3. The summed E-state index contributed by atoms with van der Waals surface area (Å²) < 4.78 is 5.42. The first-order chi connectivity index (χ1) is 11.1. The van der Waals surface area contributed by atoms with Gasteiger partial charge in [-0.05, 0) is 68.5 Å². The number of nitrogens with zero attached hydrogens (tertiary/aromatic N) is 1. The van der Waals surface area contributed by atoms with Crippen LogP contribution in [-0.4, -0.2) is 17.6 Å². The van der Waals surface area contributed by atoms with Crippen molar-refractivity contribution in [2.75, 3.05) is 11.5 Å². The van der Waals surface area contributed by atoms with E-state index in [2.05, 4.69) is 5.32 Å². The molecular formula is C17H16N2O2S2. The van der Waals surface area contributed by atoms with Gasteiger partial charge in [0.15, 0.2) is 5.11 Å². The molecule has 2 aromatic rings. The Labute approximate surface area is 144 Å². The Hall–Kier alpha value is -2.18. The van der Waals surface area contributed by atoms with Gasteiger partial charge in [-0.1, -0.05) is 0 Å². The van der Waals surface area contributed by atoms with E-state index in [0.29, 0.717) is 17.4 Å². The van der Waals surface area contributed by atoms with Gasteiger partial charge in [-0.2, -0.15) is 0 Å². The van der Waals surface area contributed by atoms with E-state index in [1.165, 1.54) is 9.78 Å². The van der Waals surface area contributed by atoms with Crippen LogP contribution in [0.1, 0.15) is 16.7 Å². The first-order valence-electron chi connectivity index (χ1n) is 7.25. The van der Waals surface area contributed by atoms with Crippen LogP contribution in [0.25, 0.3) is 6.08 Å². The summed E-state index contributed by atoms with van der Waals surface area (Å²) in [5.41, 5.74) is 1.22. The van der Waals surface area contributed by atoms with Crippen LogP contribution in [0.15, 0.2) is 42.1 Å². The van der Waals surface area contributed by atoms with Crippen molar-refractivity contribution in [3.05, 3.63) is 51.8 Å². The second-order valence-corrected chi connectivity index (χ2v) is 6.71. The van der Waals surface area contributed by atoms with Gasteiger partial charge in [0.2, 0.25) is 0 Å². The Bertz CT molecular complexity index is 778. The predicted molar refractivity (Wildman–Crippen MR) is 97.9 cm³/mol. The van der Waals surface area contributed by atoms with Crippen LogP contribution < -0.4 is 15.0 Å². The number of carbonyl (C=O) groups excluding carboxylic acids is 1. The monoisotopic (exact) mass is 344 g/mol. The molecule has 2 heterocycles. The lowest BCUT2D eigenvalue weighted by molar-refractivity contribution is -0.113. The Morgan fingerprint density at radius 2 is 2.00 bits per heavy atom. The minimum atomic E-state index is -0.148. The van der Waals surface area contributed by atoms with Crippen molar-refractivity contribution >= 4 is 46.3 Å². The number of amides is 1. The molecule has 0 saturated carbocycles. The topological polar surface area (TPSA) is 41.6 Å². The summed E-state index contributed by atoms with van der Waals surface area (Å²) in [5.74, 6) is 0.622. The molecule has 4 nitrogen and oxygen atoms in total. The van der Waals surface area contributed by atoms with Crippen LogP contribution >= 0.6 is 23.6 Å². The van der Waals surface area contributed by atoms with E-state index in [0.717, 1.165) is 16.3 Å². The Kier molecular flexibility index (Phi) is 4.45. The molecule has 1 aromatic carbocycles. The summed E-state index contributed by atoms with van der Waals surface area (Å²) in [6.07, 6.45) is 1.83. The third-order valence-electron chi connectivity index (χ3n) is 3.33. The van der Waals surface area contributed by atoms with Crippen LogP contribution in [0.5, 0.6) is 5.75 Å². The van der Waals surface area contributed by atoms with E-state index in [1.54, 1.807) is 11.3 Å². The zero-order valence-corrected chi connectivity index (χ0v) is 14.5. The van der Waals surface area contributed by atoms with E-state index in [-0.39, 0.29) is 5.91 Å². The third-order valence-corrected chi connectivity index (χ3v) is 4.56. The first kappa shape index (κ1) is 15.7. The molecule has 1 amide bonds. The number of thiophene rings is 1. The second kappa shape index (κ2) is 6.52. The van der Waals surface area contributed by atoms with E-state index >= 15 is 0 Å². The first-order valence-corrected chi connectivity index (χ1v) is 8.47. The number of ether oxygens (including phenoxy) is 1. The van der Waals surface area contributed by atoms with E-state index in [4.69, 9.17) is 17.0 Å². The van der Waals surface area contributed by atoms with Crippen molar-refractivity contribution in [1.29, 1.82) is 0 Å². The summed E-state index contributed by atoms with van der Waals surface area (Å²) in [5, 5.41) is 3.38. The minimum absolute atomic E-state index is 0.148. The van der Waals surface area contributed by atoms with Crippen molar-refractivity contribution < 1.29 is 9.53 Å². The van der Waals surface area contributed by atoms with Gasteiger partial charge in [0.25, 0.3) is 5.91 Å². The average molecular weight is 344 g/mol. The van der Waals surface area contributed by atoms with Gasteiger partial charge < -0.3 is 10.1 Å². The molecule has 1 aliphatic heterocycles. The summed E-state index contributed by atoms with van der Waals surface area (Å²) in [4.78, 5) is 16.3. The van der Waals surface area contributed by atoms with Crippen molar-refractivity contribution in [3.8, 4) is 5.75 Å².